The predicted octanol–water partition coefficient (Wildman–Crippen LogP) is 4.05. The van der Waals surface area contributed by atoms with E-state index in [2.05, 4.69) is 21.2 Å². The summed E-state index contributed by atoms with van der Waals surface area (Å²) in [5, 5.41) is 2.52. The molecule has 0 spiro atoms. The molecule has 0 bridgehead atoms. The fourth-order valence-corrected chi connectivity index (χ4v) is 1.63. The molecular weight excluding hydrogens is 283 g/mol. The Kier molecular flexibility index (Phi) is 4.38. The maximum absolute atomic E-state index is 12.8. The van der Waals surface area contributed by atoms with Gasteiger partial charge in [0.1, 0.15) is 6.04 Å². The summed E-state index contributed by atoms with van der Waals surface area (Å²) in [5.74, 6) is 0. The highest BCUT2D eigenvalue weighted by Gasteiger charge is 2.40. The van der Waals surface area contributed by atoms with Crippen molar-refractivity contribution in [3.05, 3.63) is 34.3 Å². The molecule has 0 unspecified atom stereocenters. The molecule has 0 saturated carbocycles. The molecule has 0 aliphatic rings. The van der Waals surface area contributed by atoms with Crippen molar-refractivity contribution in [2.45, 2.75) is 32.1 Å². The molecule has 1 rings (SSSR count). The number of alkyl halides is 3. The first kappa shape index (κ1) is 13.5. The van der Waals surface area contributed by atoms with Crippen molar-refractivity contribution >= 4 is 15.9 Å². The Morgan fingerprint density at radius 3 is 2.00 bits per heavy atom. The van der Waals surface area contributed by atoms with E-state index < -0.39 is 12.2 Å². The average molecular weight is 296 g/mol. The lowest BCUT2D eigenvalue weighted by atomic mass is 10.1. The lowest BCUT2D eigenvalue weighted by Gasteiger charge is -2.24. The van der Waals surface area contributed by atoms with Crippen molar-refractivity contribution < 1.29 is 13.2 Å². The van der Waals surface area contributed by atoms with Crippen LogP contribution in [-0.2, 0) is 0 Å². The van der Waals surface area contributed by atoms with Crippen LogP contribution in [0.5, 0.6) is 0 Å². The van der Waals surface area contributed by atoms with Crippen molar-refractivity contribution in [3.63, 3.8) is 0 Å². The summed E-state index contributed by atoms with van der Waals surface area (Å²) in [7, 11) is 0. The number of nitrogens with one attached hydrogen (secondary N) is 1. The largest absolute Gasteiger partial charge is 0.407 e. The highest BCUT2D eigenvalue weighted by molar-refractivity contribution is 9.10. The van der Waals surface area contributed by atoms with Crippen LogP contribution in [0.3, 0.4) is 0 Å². The van der Waals surface area contributed by atoms with Gasteiger partial charge in [-0.3, -0.25) is 0 Å². The van der Waals surface area contributed by atoms with Crippen LogP contribution in [0.1, 0.15) is 25.5 Å². The minimum atomic E-state index is -4.28. The summed E-state index contributed by atoms with van der Waals surface area (Å²) >= 11 is 3.19. The van der Waals surface area contributed by atoms with E-state index >= 15 is 0 Å². The Balaban J connectivity index is 2.97. The van der Waals surface area contributed by atoms with Crippen molar-refractivity contribution in [1.82, 2.24) is 5.32 Å². The van der Waals surface area contributed by atoms with Gasteiger partial charge < -0.3 is 5.32 Å². The fourth-order valence-electron chi connectivity index (χ4n) is 1.37. The minimum Gasteiger partial charge on any atom is -0.300 e. The normalized spacial score (nSPS) is 14.2. The van der Waals surface area contributed by atoms with Crippen molar-refractivity contribution in [3.8, 4) is 0 Å². The third kappa shape index (κ3) is 3.79. The van der Waals surface area contributed by atoms with E-state index in [-0.39, 0.29) is 11.6 Å². The topological polar surface area (TPSA) is 12.0 Å². The predicted molar refractivity (Wildman–Crippen MR) is 61.2 cm³/mol. The molecule has 0 saturated heterocycles. The lowest BCUT2D eigenvalue weighted by Crippen LogP contribution is -2.38. The van der Waals surface area contributed by atoms with E-state index in [0.29, 0.717) is 0 Å². The molecule has 90 valence electrons. The minimum absolute atomic E-state index is 0.226. The number of benzene rings is 1. The SMILES string of the molecule is CC(C)N[C@H](c1ccc(Br)cc1)C(F)(F)F. The van der Waals surface area contributed by atoms with Crippen molar-refractivity contribution in [2.75, 3.05) is 0 Å². The molecule has 16 heavy (non-hydrogen) atoms. The van der Waals surface area contributed by atoms with Crippen LogP contribution in [0, 0.1) is 0 Å². The first-order valence-corrected chi connectivity index (χ1v) is 5.68. The second kappa shape index (κ2) is 5.19. The molecule has 1 N–H and O–H groups in total. The molecule has 0 aliphatic carbocycles. The summed E-state index contributed by atoms with van der Waals surface area (Å²) in [6, 6.07) is 4.32. The smallest absolute Gasteiger partial charge is 0.300 e. The third-order valence-corrected chi connectivity index (χ3v) is 2.56. The first-order chi connectivity index (χ1) is 7.30. The van der Waals surface area contributed by atoms with E-state index in [1.54, 1.807) is 26.0 Å². The van der Waals surface area contributed by atoms with Gasteiger partial charge in [-0.05, 0) is 17.7 Å². The highest BCUT2D eigenvalue weighted by atomic mass is 79.9. The van der Waals surface area contributed by atoms with Crippen molar-refractivity contribution in [1.29, 1.82) is 0 Å². The van der Waals surface area contributed by atoms with Crippen LogP contribution in [0.25, 0.3) is 0 Å². The molecule has 1 aromatic carbocycles. The van der Waals surface area contributed by atoms with Gasteiger partial charge in [0.05, 0.1) is 0 Å². The lowest BCUT2D eigenvalue weighted by molar-refractivity contribution is -0.159. The molecule has 0 fully saturated rings. The number of rotatable bonds is 3. The van der Waals surface area contributed by atoms with Crippen LogP contribution in [0.4, 0.5) is 13.2 Å². The van der Waals surface area contributed by atoms with Crippen LogP contribution in [-0.4, -0.2) is 12.2 Å². The van der Waals surface area contributed by atoms with E-state index in [1.807, 2.05) is 0 Å². The third-order valence-electron chi connectivity index (χ3n) is 2.03. The first-order valence-electron chi connectivity index (χ1n) is 4.89. The number of hydrogen-bond acceptors (Lipinski definition) is 1. The Hall–Kier alpha value is -0.550. The molecular formula is C11H13BrF3N. The van der Waals surface area contributed by atoms with Gasteiger partial charge in [0.15, 0.2) is 0 Å². The fraction of sp³-hybridized carbons (Fsp3) is 0.455. The van der Waals surface area contributed by atoms with Crippen LogP contribution in [0.15, 0.2) is 28.7 Å². The van der Waals surface area contributed by atoms with Gasteiger partial charge in [0.2, 0.25) is 0 Å². The zero-order valence-corrected chi connectivity index (χ0v) is 10.6. The maximum Gasteiger partial charge on any atom is 0.407 e. The molecule has 0 radical (unpaired) electrons. The van der Waals surface area contributed by atoms with Crippen LogP contribution >= 0.6 is 15.9 Å². The average Bonchev–Trinajstić information content (AvgIpc) is 2.14. The molecule has 1 atom stereocenters. The summed E-state index contributed by atoms with van der Waals surface area (Å²) in [5.41, 5.74) is 0.226. The van der Waals surface area contributed by atoms with Gasteiger partial charge in [0, 0.05) is 10.5 Å². The Labute approximate surface area is 101 Å². The van der Waals surface area contributed by atoms with Gasteiger partial charge >= 0.3 is 6.18 Å². The van der Waals surface area contributed by atoms with Gasteiger partial charge in [-0.25, -0.2) is 0 Å². The van der Waals surface area contributed by atoms with Gasteiger partial charge in [0.25, 0.3) is 0 Å². The van der Waals surface area contributed by atoms with E-state index in [0.717, 1.165) is 4.47 Å². The molecule has 0 heterocycles. The summed E-state index contributed by atoms with van der Waals surface area (Å²) in [6.45, 7) is 3.38. The maximum atomic E-state index is 12.8. The monoisotopic (exact) mass is 295 g/mol. The van der Waals surface area contributed by atoms with Gasteiger partial charge in [-0.1, -0.05) is 41.9 Å². The van der Waals surface area contributed by atoms with E-state index in [9.17, 15) is 13.2 Å². The van der Waals surface area contributed by atoms with Gasteiger partial charge in [-0.15, -0.1) is 0 Å². The molecule has 0 aliphatic heterocycles. The van der Waals surface area contributed by atoms with Crippen LogP contribution in [0.2, 0.25) is 0 Å². The second-order valence-corrected chi connectivity index (χ2v) is 4.76. The number of hydrogen-bond donors (Lipinski definition) is 1. The van der Waals surface area contributed by atoms with Crippen molar-refractivity contribution in [2.24, 2.45) is 0 Å². The molecule has 1 nitrogen and oxygen atoms in total. The zero-order valence-electron chi connectivity index (χ0n) is 8.98. The summed E-state index contributed by atoms with van der Waals surface area (Å²) in [4.78, 5) is 0. The number of halogens is 4. The quantitative estimate of drug-likeness (QED) is 0.887. The Morgan fingerprint density at radius 1 is 1.12 bits per heavy atom. The Morgan fingerprint density at radius 2 is 1.62 bits per heavy atom. The Bertz CT molecular complexity index is 332. The van der Waals surface area contributed by atoms with Crippen LogP contribution < -0.4 is 5.32 Å². The second-order valence-electron chi connectivity index (χ2n) is 3.85. The summed E-state index contributed by atoms with van der Waals surface area (Å²) < 4.78 is 39.1. The van der Waals surface area contributed by atoms with Gasteiger partial charge in [-0.2, -0.15) is 13.2 Å². The molecule has 0 aromatic heterocycles. The molecule has 1 aromatic rings. The standard InChI is InChI=1S/C11H13BrF3N/c1-7(2)16-10(11(13,14)15)8-3-5-9(12)6-4-8/h3-7,10,16H,1-2H3/t10-/m1/s1. The van der Waals surface area contributed by atoms with E-state index in [1.165, 1.54) is 12.1 Å². The molecule has 5 heteroatoms. The van der Waals surface area contributed by atoms with E-state index in [4.69, 9.17) is 0 Å². The molecule has 0 amide bonds. The highest BCUT2D eigenvalue weighted by Crippen LogP contribution is 2.33. The summed E-state index contributed by atoms with van der Waals surface area (Å²) in [6.07, 6.45) is -4.28. The zero-order chi connectivity index (χ0) is 12.3.